The van der Waals surface area contributed by atoms with E-state index >= 15 is 0 Å². The third-order valence-corrected chi connectivity index (χ3v) is 2.79. The lowest BCUT2D eigenvalue weighted by Crippen LogP contribution is -1.95. The van der Waals surface area contributed by atoms with Gasteiger partial charge in [0.1, 0.15) is 5.75 Å². The minimum Gasteiger partial charge on any atom is -0.497 e. The highest BCUT2D eigenvalue weighted by atomic mass is 16.5. The predicted octanol–water partition coefficient (Wildman–Crippen LogP) is 3.34. The van der Waals surface area contributed by atoms with Crippen molar-refractivity contribution in [2.75, 3.05) is 7.11 Å². The van der Waals surface area contributed by atoms with Gasteiger partial charge in [-0.2, -0.15) is 0 Å². The minimum absolute atomic E-state index is 0.322. The molecular formula is C15H14O3. The first-order chi connectivity index (χ1) is 8.60. The SMILES string of the molecule is COc1ccc2cc(C=C(C)C(=O)O)ccc2c1. The first-order valence-electron chi connectivity index (χ1n) is 5.59. The first-order valence-corrected chi connectivity index (χ1v) is 5.59. The van der Waals surface area contributed by atoms with Crippen LogP contribution in [0.5, 0.6) is 5.75 Å². The Bertz CT molecular complexity index is 627. The van der Waals surface area contributed by atoms with Gasteiger partial charge in [0, 0.05) is 5.57 Å². The van der Waals surface area contributed by atoms with Crippen molar-refractivity contribution in [3.8, 4) is 5.75 Å². The Labute approximate surface area is 105 Å². The number of methoxy groups -OCH3 is 1. The summed E-state index contributed by atoms with van der Waals surface area (Å²) in [6.07, 6.45) is 1.66. The number of hydrogen-bond donors (Lipinski definition) is 1. The fourth-order valence-corrected chi connectivity index (χ4v) is 1.77. The molecule has 0 aromatic heterocycles. The van der Waals surface area contributed by atoms with E-state index in [0.29, 0.717) is 5.57 Å². The molecule has 2 aromatic rings. The van der Waals surface area contributed by atoms with Crippen LogP contribution in [-0.4, -0.2) is 18.2 Å². The minimum atomic E-state index is -0.898. The fraction of sp³-hybridized carbons (Fsp3) is 0.133. The van der Waals surface area contributed by atoms with Crippen molar-refractivity contribution >= 4 is 22.8 Å². The molecule has 0 spiro atoms. The highest BCUT2D eigenvalue weighted by molar-refractivity contribution is 5.93. The summed E-state index contributed by atoms with van der Waals surface area (Å²) in [6.45, 7) is 1.58. The third kappa shape index (κ3) is 2.51. The molecule has 3 heteroatoms. The van der Waals surface area contributed by atoms with Crippen LogP contribution >= 0.6 is 0 Å². The molecule has 92 valence electrons. The Balaban J connectivity index is 2.45. The number of fused-ring (bicyclic) bond motifs is 1. The molecule has 0 radical (unpaired) electrons. The molecule has 0 bridgehead atoms. The summed E-state index contributed by atoms with van der Waals surface area (Å²) in [5.41, 5.74) is 1.20. The first kappa shape index (κ1) is 12.2. The molecule has 3 nitrogen and oxygen atoms in total. The van der Waals surface area contributed by atoms with Crippen LogP contribution in [0.2, 0.25) is 0 Å². The maximum atomic E-state index is 10.8. The zero-order valence-corrected chi connectivity index (χ0v) is 10.3. The van der Waals surface area contributed by atoms with Crippen molar-refractivity contribution in [3.63, 3.8) is 0 Å². The molecule has 0 fully saturated rings. The molecule has 0 aliphatic rings. The molecule has 2 aromatic carbocycles. The highest BCUT2D eigenvalue weighted by Gasteiger charge is 2.01. The van der Waals surface area contributed by atoms with Crippen LogP contribution in [0.25, 0.3) is 16.8 Å². The molecule has 1 N–H and O–H groups in total. The smallest absolute Gasteiger partial charge is 0.331 e. The van der Waals surface area contributed by atoms with Crippen LogP contribution < -0.4 is 4.74 Å². The number of carbonyl (C=O) groups is 1. The zero-order valence-electron chi connectivity index (χ0n) is 10.3. The molecule has 0 amide bonds. The van der Waals surface area contributed by atoms with Crippen molar-refractivity contribution in [1.29, 1.82) is 0 Å². The quantitative estimate of drug-likeness (QED) is 0.840. The maximum Gasteiger partial charge on any atom is 0.331 e. The number of benzene rings is 2. The van der Waals surface area contributed by atoms with Crippen LogP contribution in [0.3, 0.4) is 0 Å². The number of hydrogen-bond acceptors (Lipinski definition) is 2. The molecule has 0 saturated heterocycles. The summed E-state index contributed by atoms with van der Waals surface area (Å²) in [6, 6.07) is 11.6. The van der Waals surface area contributed by atoms with Gasteiger partial charge in [-0.25, -0.2) is 4.79 Å². The van der Waals surface area contributed by atoms with E-state index in [9.17, 15) is 4.79 Å². The van der Waals surface area contributed by atoms with Crippen molar-refractivity contribution in [3.05, 3.63) is 47.5 Å². The van der Waals surface area contributed by atoms with Crippen molar-refractivity contribution in [2.45, 2.75) is 6.92 Å². The zero-order chi connectivity index (χ0) is 13.1. The van der Waals surface area contributed by atoms with Crippen LogP contribution in [0.1, 0.15) is 12.5 Å². The lowest BCUT2D eigenvalue weighted by atomic mass is 10.1. The van der Waals surface area contributed by atoms with Crippen LogP contribution in [0.15, 0.2) is 42.0 Å². The van der Waals surface area contributed by atoms with E-state index in [-0.39, 0.29) is 0 Å². The number of ether oxygens (including phenoxy) is 1. The summed E-state index contributed by atoms with van der Waals surface area (Å²) >= 11 is 0. The normalized spacial score (nSPS) is 11.6. The number of aliphatic carboxylic acids is 1. The molecule has 2 rings (SSSR count). The number of carboxylic acid groups (broad SMARTS) is 1. The average molecular weight is 242 g/mol. The molecule has 18 heavy (non-hydrogen) atoms. The van der Waals surface area contributed by atoms with Crippen LogP contribution in [0, 0.1) is 0 Å². The van der Waals surface area contributed by atoms with Crippen molar-refractivity contribution < 1.29 is 14.6 Å². The average Bonchev–Trinajstić information content (AvgIpc) is 2.37. The van der Waals surface area contributed by atoms with Gasteiger partial charge in [0.2, 0.25) is 0 Å². The summed E-state index contributed by atoms with van der Waals surface area (Å²) < 4.78 is 5.16. The molecule has 0 atom stereocenters. The summed E-state index contributed by atoms with van der Waals surface area (Å²) in [7, 11) is 1.63. The van der Waals surface area contributed by atoms with Gasteiger partial charge < -0.3 is 9.84 Å². The highest BCUT2D eigenvalue weighted by Crippen LogP contribution is 2.22. The van der Waals surface area contributed by atoms with Gasteiger partial charge >= 0.3 is 5.97 Å². The van der Waals surface area contributed by atoms with Gasteiger partial charge in [0.25, 0.3) is 0 Å². The van der Waals surface area contributed by atoms with Gasteiger partial charge in [0.15, 0.2) is 0 Å². The topological polar surface area (TPSA) is 46.5 Å². The summed E-state index contributed by atoms with van der Waals surface area (Å²) in [5, 5.41) is 11.0. The van der Waals surface area contributed by atoms with E-state index in [2.05, 4.69) is 0 Å². The van der Waals surface area contributed by atoms with Crippen LogP contribution in [-0.2, 0) is 4.79 Å². The standard InChI is InChI=1S/C15H14O3/c1-10(15(16)17)7-11-3-4-13-9-14(18-2)6-5-12(13)8-11/h3-9H,1-2H3,(H,16,17). The molecule has 0 aliphatic carbocycles. The fourth-order valence-electron chi connectivity index (χ4n) is 1.77. The lowest BCUT2D eigenvalue weighted by molar-refractivity contribution is -0.132. The van der Waals surface area contributed by atoms with Crippen molar-refractivity contribution in [1.82, 2.24) is 0 Å². The van der Waals surface area contributed by atoms with E-state index in [1.165, 1.54) is 0 Å². The summed E-state index contributed by atoms with van der Waals surface area (Å²) in [5.74, 6) is -0.0858. The monoisotopic (exact) mass is 242 g/mol. The van der Waals surface area contributed by atoms with Crippen molar-refractivity contribution in [2.24, 2.45) is 0 Å². The second-order valence-corrected chi connectivity index (χ2v) is 4.11. The Hall–Kier alpha value is -2.29. The van der Waals surface area contributed by atoms with Crippen LogP contribution in [0.4, 0.5) is 0 Å². The maximum absolute atomic E-state index is 10.8. The Morgan fingerprint density at radius 3 is 2.50 bits per heavy atom. The largest absolute Gasteiger partial charge is 0.497 e. The second kappa shape index (κ2) is 4.92. The Morgan fingerprint density at radius 2 is 1.83 bits per heavy atom. The number of rotatable bonds is 3. The molecule has 0 heterocycles. The molecule has 0 unspecified atom stereocenters. The Kier molecular flexibility index (Phi) is 3.33. The summed E-state index contributed by atoms with van der Waals surface area (Å²) in [4.78, 5) is 10.8. The molecular weight excluding hydrogens is 228 g/mol. The Morgan fingerprint density at radius 1 is 1.17 bits per heavy atom. The van der Waals surface area contributed by atoms with E-state index in [4.69, 9.17) is 9.84 Å². The molecule has 0 aliphatic heterocycles. The van der Waals surface area contributed by atoms with E-state index in [1.807, 2.05) is 36.4 Å². The van der Waals surface area contributed by atoms with Gasteiger partial charge in [-0.05, 0) is 47.5 Å². The van der Waals surface area contributed by atoms with Gasteiger partial charge in [-0.15, -0.1) is 0 Å². The van der Waals surface area contributed by atoms with Gasteiger partial charge in [-0.1, -0.05) is 18.2 Å². The van der Waals surface area contributed by atoms with Gasteiger partial charge in [0.05, 0.1) is 7.11 Å². The molecule has 0 saturated carbocycles. The lowest BCUT2D eigenvalue weighted by Gasteiger charge is -2.04. The van der Waals surface area contributed by atoms with E-state index < -0.39 is 5.97 Å². The predicted molar refractivity (Wildman–Crippen MR) is 71.8 cm³/mol. The van der Waals surface area contributed by atoms with Gasteiger partial charge in [-0.3, -0.25) is 0 Å². The number of carboxylic acids is 1. The van der Waals surface area contributed by atoms with E-state index in [0.717, 1.165) is 22.1 Å². The second-order valence-electron chi connectivity index (χ2n) is 4.11. The third-order valence-electron chi connectivity index (χ3n) is 2.79. The van der Waals surface area contributed by atoms with E-state index in [1.54, 1.807) is 20.1 Å².